The van der Waals surface area contributed by atoms with Crippen molar-refractivity contribution in [2.45, 2.75) is 46.1 Å². The molecule has 0 spiro atoms. The van der Waals surface area contributed by atoms with Gasteiger partial charge in [0.25, 0.3) is 0 Å². The number of H-pyrrole nitrogens is 1. The number of rotatable bonds is 2. The van der Waals surface area contributed by atoms with Crippen LogP contribution in [0.1, 0.15) is 56.7 Å². The highest BCUT2D eigenvalue weighted by Gasteiger charge is 2.24. The monoisotopic (exact) mass is 225 g/mol. The summed E-state index contributed by atoms with van der Waals surface area (Å²) in [5.41, 5.74) is 6.60. The summed E-state index contributed by atoms with van der Waals surface area (Å²) in [7, 11) is 0. The standard InChI is InChI=1S/C11H19N3O2/c1-6(2)8-7(12)9(14-13-8)10(15)16-11(3,4)5/h6H,12H2,1-5H3,(H,13,14). The van der Waals surface area contributed by atoms with E-state index in [-0.39, 0.29) is 11.6 Å². The molecule has 5 heteroatoms. The Kier molecular flexibility index (Phi) is 3.26. The van der Waals surface area contributed by atoms with Crippen molar-refractivity contribution in [2.75, 3.05) is 5.73 Å². The molecule has 16 heavy (non-hydrogen) atoms. The topological polar surface area (TPSA) is 81.0 Å². The summed E-state index contributed by atoms with van der Waals surface area (Å²) in [5.74, 6) is -0.295. The van der Waals surface area contributed by atoms with Crippen LogP contribution in [0.3, 0.4) is 0 Å². The Bertz CT molecular complexity index is 388. The first kappa shape index (κ1) is 12.5. The molecule has 0 fully saturated rings. The maximum absolute atomic E-state index is 11.7. The molecule has 0 saturated carbocycles. The molecule has 0 aliphatic rings. The molecule has 5 nitrogen and oxygen atoms in total. The number of anilines is 1. The molecule has 0 radical (unpaired) electrons. The Morgan fingerprint density at radius 3 is 2.38 bits per heavy atom. The molecule has 0 unspecified atom stereocenters. The van der Waals surface area contributed by atoms with E-state index in [0.29, 0.717) is 5.69 Å². The van der Waals surface area contributed by atoms with Gasteiger partial charge in [-0.3, -0.25) is 5.10 Å². The first-order valence-electron chi connectivity index (χ1n) is 5.29. The van der Waals surface area contributed by atoms with Crippen molar-refractivity contribution < 1.29 is 9.53 Å². The third-order valence-corrected chi connectivity index (χ3v) is 2.00. The third-order valence-electron chi connectivity index (χ3n) is 2.00. The molecule has 1 heterocycles. The molecule has 0 aliphatic carbocycles. The maximum atomic E-state index is 11.7. The van der Waals surface area contributed by atoms with E-state index in [0.717, 1.165) is 5.69 Å². The van der Waals surface area contributed by atoms with E-state index >= 15 is 0 Å². The summed E-state index contributed by atoms with van der Waals surface area (Å²) < 4.78 is 5.20. The van der Waals surface area contributed by atoms with Crippen molar-refractivity contribution in [1.29, 1.82) is 0 Å². The lowest BCUT2D eigenvalue weighted by Crippen LogP contribution is -2.24. The number of nitrogens with zero attached hydrogens (tertiary/aromatic N) is 1. The minimum atomic E-state index is -0.541. The lowest BCUT2D eigenvalue weighted by molar-refractivity contribution is 0.00641. The van der Waals surface area contributed by atoms with E-state index in [2.05, 4.69) is 10.2 Å². The van der Waals surface area contributed by atoms with E-state index in [9.17, 15) is 4.79 Å². The van der Waals surface area contributed by atoms with Gasteiger partial charge in [0.05, 0.1) is 11.4 Å². The van der Waals surface area contributed by atoms with Gasteiger partial charge in [-0.05, 0) is 26.7 Å². The van der Waals surface area contributed by atoms with Crippen molar-refractivity contribution in [3.63, 3.8) is 0 Å². The first-order chi connectivity index (χ1) is 7.22. The van der Waals surface area contributed by atoms with Crippen LogP contribution in [-0.2, 0) is 4.74 Å². The Hall–Kier alpha value is -1.52. The Morgan fingerprint density at radius 2 is 2.00 bits per heavy atom. The molecule has 1 rings (SSSR count). The zero-order valence-corrected chi connectivity index (χ0v) is 10.4. The number of hydrogen-bond acceptors (Lipinski definition) is 4. The average Bonchev–Trinajstić information content (AvgIpc) is 2.43. The van der Waals surface area contributed by atoms with E-state index in [1.54, 1.807) is 20.8 Å². The van der Waals surface area contributed by atoms with Crippen molar-refractivity contribution >= 4 is 11.7 Å². The molecule has 1 aromatic heterocycles. The summed E-state index contributed by atoms with van der Waals surface area (Å²) in [4.78, 5) is 11.7. The molecule has 0 aromatic carbocycles. The third kappa shape index (κ3) is 2.74. The second-order valence-electron chi connectivity index (χ2n) is 5.06. The number of ether oxygens (including phenoxy) is 1. The number of aromatic nitrogens is 2. The van der Waals surface area contributed by atoms with Crippen LogP contribution < -0.4 is 5.73 Å². The molecule has 0 amide bonds. The molecule has 0 atom stereocenters. The van der Waals surface area contributed by atoms with Crippen molar-refractivity contribution in [2.24, 2.45) is 0 Å². The second-order valence-corrected chi connectivity index (χ2v) is 5.06. The van der Waals surface area contributed by atoms with Gasteiger partial charge in [-0.25, -0.2) is 4.79 Å². The quantitative estimate of drug-likeness (QED) is 0.755. The zero-order chi connectivity index (χ0) is 12.5. The minimum Gasteiger partial charge on any atom is -0.455 e. The van der Waals surface area contributed by atoms with E-state index < -0.39 is 11.6 Å². The van der Waals surface area contributed by atoms with Gasteiger partial charge in [-0.15, -0.1) is 0 Å². The van der Waals surface area contributed by atoms with Crippen LogP contribution in [0.5, 0.6) is 0 Å². The Labute approximate surface area is 95.4 Å². The van der Waals surface area contributed by atoms with Crippen molar-refractivity contribution in [3.8, 4) is 0 Å². The normalized spacial score (nSPS) is 11.9. The fourth-order valence-corrected chi connectivity index (χ4v) is 1.29. The summed E-state index contributed by atoms with van der Waals surface area (Å²) in [6, 6.07) is 0. The summed E-state index contributed by atoms with van der Waals surface area (Å²) in [6.07, 6.45) is 0. The van der Waals surface area contributed by atoms with Crippen LogP contribution in [0.25, 0.3) is 0 Å². The molecular formula is C11H19N3O2. The molecule has 1 aromatic rings. The van der Waals surface area contributed by atoms with Gasteiger partial charge in [0.2, 0.25) is 0 Å². The van der Waals surface area contributed by atoms with Gasteiger partial charge in [-0.2, -0.15) is 5.10 Å². The van der Waals surface area contributed by atoms with Crippen LogP contribution >= 0.6 is 0 Å². The van der Waals surface area contributed by atoms with Crippen LogP contribution in [0, 0.1) is 0 Å². The number of carbonyl (C=O) groups excluding carboxylic acids is 1. The number of esters is 1. The van der Waals surface area contributed by atoms with E-state index in [4.69, 9.17) is 10.5 Å². The largest absolute Gasteiger partial charge is 0.455 e. The molecule has 0 bridgehead atoms. The number of nitrogens with one attached hydrogen (secondary N) is 1. The fourth-order valence-electron chi connectivity index (χ4n) is 1.29. The molecule has 3 N–H and O–H groups in total. The van der Waals surface area contributed by atoms with E-state index in [1.165, 1.54) is 0 Å². The highest BCUT2D eigenvalue weighted by atomic mass is 16.6. The highest BCUT2D eigenvalue weighted by molar-refractivity contribution is 5.93. The maximum Gasteiger partial charge on any atom is 0.361 e. The van der Waals surface area contributed by atoms with E-state index in [1.807, 2.05) is 13.8 Å². The number of nitrogen functional groups attached to an aromatic ring is 1. The Morgan fingerprint density at radius 1 is 1.44 bits per heavy atom. The lowest BCUT2D eigenvalue weighted by Gasteiger charge is -2.18. The van der Waals surface area contributed by atoms with Gasteiger partial charge in [-0.1, -0.05) is 13.8 Å². The Balaban J connectivity index is 2.94. The average molecular weight is 225 g/mol. The van der Waals surface area contributed by atoms with Gasteiger partial charge in [0, 0.05) is 0 Å². The van der Waals surface area contributed by atoms with Gasteiger partial charge in [0.15, 0.2) is 5.69 Å². The van der Waals surface area contributed by atoms with Gasteiger partial charge in [0.1, 0.15) is 5.60 Å². The van der Waals surface area contributed by atoms with Crippen LogP contribution in [0.15, 0.2) is 0 Å². The lowest BCUT2D eigenvalue weighted by atomic mass is 10.1. The first-order valence-corrected chi connectivity index (χ1v) is 5.29. The SMILES string of the molecule is CC(C)c1[nH]nc(C(=O)OC(C)(C)C)c1N. The van der Waals surface area contributed by atoms with Gasteiger partial charge >= 0.3 is 5.97 Å². The number of aromatic amines is 1. The van der Waals surface area contributed by atoms with Crippen molar-refractivity contribution in [1.82, 2.24) is 10.2 Å². The molecule has 90 valence electrons. The molecular weight excluding hydrogens is 206 g/mol. The summed E-state index contributed by atoms with van der Waals surface area (Å²) in [5, 5.41) is 6.66. The fraction of sp³-hybridized carbons (Fsp3) is 0.636. The molecule has 0 aliphatic heterocycles. The van der Waals surface area contributed by atoms with Crippen molar-refractivity contribution in [3.05, 3.63) is 11.4 Å². The predicted molar refractivity (Wildman–Crippen MR) is 62.3 cm³/mol. The molecule has 0 saturated heterocycles. The second kappa shape index (κ2) is 4.15. The van der Waals surface area contributed by atoms with Crippen LogP contribution in [-0.4, -0.2) is 21.8 Å². The zero-order valence-electron chi connectivity index (χ0n) is 10.4. The van der Waals surface area contributed by atoms with Crippen LogP contribution in [0.4, 0.5) is 5.69 Å². The van der Waals surface area contributed by atoms with Crippen LogP contribution in [0.2, 0.25) is 0 Å². The highest BCUT2D eigenvalue weighted by Crippen LogP contribution is 2.23. The predicted octanol–water partition coefficient (Wildman–Crippen LogP) is 2.07. The van der Waals surface area contributed by atoms with Gasteiger partial charge < -0.3 is 10.5 Å². The minimum absolute atomic E-state index is 0.165. The summed E-state index contributed by atoms with van der Waals surface area (Å²) in [6.45, 7) is 9.36. The summed E-state index contributed by atoms with van der Waals surface area (Å²) >= 11 is 0. The number of carbonyl (C=O) groups is 1. The number of nitrogens with two attached hydrogens (primary N) is 1. The smallest absolute Gasteiger partial charge is 0.361 e. The number of hydrogen-bond donors (Lipinski definition) is 2.